The first-order valence-corrected chi connectivity index (χ1v) is 10.5. The molecule has 1 saturated carbocycles. The van der Waals surface area contributed by atoms with E-state index in [1.165, 1.54) is 38.8 Å². The molecule has 1 unspecified atom stereocenters. The van der Waals surface area contributed by atoms with Crippen LogP contribution in [0.3, 0.4) is 0 Å². The van der Waals surface area contributed by atoms with Crippen molar-refractivity contribution in [2.75, 3.05) is 38.2 Å². The van der Waals surface area contributed by atoms with Gasteiger partial charge in [-0.3, -0.25) is 9.69 Å². The van der Waals surface area contributed by atoms with Crippen LogP contribution in [0.2, 0.25) is 0 Å². The summed E-state index contributed by atoms with van der Waals surface area (Å²) in [5.41, 5.74) is 0.0586. The number of ether oxygens (including phenoxy) is 2. The van der Waals surface area contributed by atoms with E-state index in [-0.39, 0.29) is 5.91 Å². The smallest absolute Gasteiger partial charge is 0.256 e. The molecule has 1 heterocycles. The van der Waals surface area contributed by atoms with Crippen molar-refractivity contribution in [2.45, 2.75) is 58.0 Å². The molecule has 1 aromatic carbocycles. The van der Waals surface area contributed by atoms with Crippen LogP contribution in [0.1, 0.15) is 52.4 Å². The molecule has 0 radical (unpaired) electrons. The van der Waals surface area contributed by atoms with E-state index >= 15 is 0 Å². The fraction of sp³-hybridized carbons (Fsp3) is 0.682. The van der Waals surface area contributed by atoms with Crippen LogP contribution < -0.4 is 10.1 Å². The van der Waals surface area contributed by atoms with Crippen molar-refractivity contribution in [1.82, 2.24) is 4.90 Å². The maximum atomic E-state index is 12.7. The van der Waals surface area contributed by atoms with Gasteiger partial charge in [-0.25, -0.2) is 0 Å². The molecule has 1 amide bonds. The summed E-state index contributed by atoms with van der Waals surface area (Å²) in [6.45, 7) is 8.45. The minimum atomic E-state index is -0.725. The highest BCUT2D eigenvalue weighted by Gasteiger charge is 2.48. The van der Waals surface area contributed by atoms with Crippen molar-refractivity contribution >= 4 is 11.6 Å². The van der Waals surface area contributed by atoms with Gasteiger partial charge in [-0.2, -0.15) is 0 Å². The van der Waals surface area contributed by atoms with E-state index in [2.05, 4.69) is 10.2 Å². The van der Waals surface area contributed by atoms with E-state index in [0.29, 0.717) is 19.1 Å². The Kier molecular flexibility index (Phi) is 7.13. The lowest BCUT2D eigenvalue weighted by Gasteiger charge is -2.28. The highest BCUT2D eigenvalue weighted by Crippen LogP contribution is 2.42. The molecule has 1 aliphatic heterocycles. The van der Waals surface area contributed by atoms with Gasteiger partial charge in [0.2, 0.25) is 0 Å². The predicted molar refractivity (Wildman–Crippen MR) is 108 cm³/mol. The zero-order valence-electron chi connectivity index (χ0n) is 16.8. The van der Waals surface area contributed by atoms with Crippen LogP contribution in [-0.4, -0.2) is 49.3 Å². The van der Waals surface area contributed by atoms with Crippen LogP contribution >= 0.6 is 0 Å². The predicted octanol–water partition coefficient (Wildman–Crippen LogP) is 4.09. The fourth-order valence-corrected chi connectivity index (χ4v) is 3.84. The Bertz CT molecular complexity index is 592. The molecule has 5 heteroatoms. The monoisotopic (exact) mass is 374 g/mol. The van der Waals surface area contributed by atoms with Gasteiger partial charge in [0.25, 0.3) is 5.91 Å². The minimum absolute atomic E-state index is 0.0540. The topological polar surface area (TPSA) is 50.8 Å². The van der Waals surface area contributed by atoms with Crippen molar-refractivity contribution in [3.8, 4) is 5.75 Å². The molecule has 1 aromatic rings. The number of nitrogens with zero attached hydrogens (tertiary/aromatic N) is 1. The third-order valence-electron chi connectivity index (χ3n) is 5.74. The number of benzene rings is 1. The Morgan fingerprint density at radius 2 is 1.81 bits per heavy atom. The van der Waals surface area contributed by atoms with Gasteiger partial charge in [-0.15, -0.1) is 0 Å². The second-order valence-electron chi connectivity index (χ2n) is 7.90. The number of carbonyl (C=O) groups is 1. The van der Waals surface area contributed by atoms with E-state index in [9.17, 15) is 4.79 Å². The number of nitrogens with one attached hydrogen (secondary N) is 1. The summed E-state index contributed by atoms with van der Waals surface area (Å²) in [7, 11) is 0. The van der Waals surface area contributed by atoms with E-state index < -0.39 is 5.60 Å². The third kappa shape index (κ3) is 5.69. The highest BCUT2D eigenvalue weighted by atomic mass is 16.5. The summed E-state index contributed by atoms with van der Waals surface area (Å²) in [5.74, 6) is 1.12. The largest absolute Gasteiger partial charge is 0.492 e. The Labute approximate surface area is 163 Å². The summed E-state index contributed by atoms with van der Waals surface area (Å²) in [4.78, 5) is 15.2. The molecule has 150 valence electrons. The standard InChI is InChI=1S/C22H34N2O3/c1-3-27-22(2,18-8-9-18)21(25)23-19-10-12-20(13-11-19)26-17-16-24-14-6-4-5-7-15-24/h10-13,18H,3-9,14-17H2,1-2H3,(H,23,25). The number of rotatable bonds is 9. The van der Waals surface area contributed by atoms with Crippen molar-refractivity contribution in [2.24, 2.45) is 5.92 Å². The van der Waals surface area contributed by atoms with Crippen LogP contribution in [-0.2, 0) is 9.53 Å². The number of carbonyl (C=O) groups excluding carboxylic acids is 1. The summed E-state index contributed by atoms with van der Waals surface area (Å²) in [5, 5.41) is 3.00. The van der Waals surface area contributed by atoms with Gasteiger partial charge >= 0.3 is 0 Å². The molecule has 5 nitrogen and oxygen atoms in total. The summed E-state index contributed by atoms with van der Waals surface area (Å²) in [6, 6.07) is 7.65. The molecule has 0 bridgehead atoms. The first kappa shape index (κ1) is 20.2. The quantitative estimate of drug-likeness (QED) is 0.707. The van der Waals surface area contributed by atoms with E-state index in [1.807, 2.05) is 38.1 Å². The molecular formula is C22H34N2O3. The zero-order valence-corrected chi connectivity index (χ0v) is 16.8. The number of amides is 1. The Hall–Kier alpha value is -1.59. The van der Waals surface area contributed by atoms with Crippen molar-refractivity contribution in [3.05, 3.63) is 24.3 Å². The van der Waals surface area contributed by atoms with Gasteiger partial charge in [0.1, 0.15) is 18.0 Å². The summed E-state index contributed by atoms with van der Waals surface area (Å²) in [6.07, 6.45) is 7.44. The number of anilines is 1. The maximum Gasteiger partial charge on any atom is 0.256 e. The molecule has 3 rings (SSSR count). The number of hydrogen-bond acceptors (Lipinski definition) is 4. The minimum Gasteiger partial charge on any atom is -0.492 e. The molecule has 0 aromatic heterocycles. The normalized spacial score (nSPS) is 20.5. The molecule has 27 heavy (non-hydrogen) atoms. The maximum absolute atomic E-state index is 12.7. The van der Waals surface area contributed by atoms with Gasteiger partial charge in [0.15, 0.2) is 0 Å². The molecule has 1 atom stereocenters. The summed E-state index contributed by atoms with van der Waals surface area (Å²) < 4.78 is 11.7. The van der Waals surface area contributed by atoms with Gasteiger partial charge in [-0.1, -0.05) is 12.8 Å². The molecule has 0 spiro atoms. The Morgan fingerprint density at radius 3 is 2.41 bits per heavy atom. The van der Waals surface area contributed by atoms with Gasteiger partial charge in [-0.05, 0) is 82.8 Å². The zero-order chi connectivity index (χ0) is 19.1. The molecule has 2 fully saturated rings. The molecule has 1 saturated heterocycles. The van der Waals surface area contributed by atoms with E-state index in [4.69, 9.17) is 9.47 Å². The van der Waals surface area contributed by atoms with Crippen LogP contribution in [0.15, 0.2) is 24.3 Å². The molecule has 1 aliphatic carbocycles. The van der Waals surface area contributed by atoms with Crippen LogP contribution in [0, 0.1) is 5.92 Å². The molecule has 1 N–H and O–H groups in total. The van der Waals surface area contributed by atoms with Crippen LogP contribution in [0.5, 0.6) is 5.75 Å². The molecular weight excluding hydrogens is 340 g/mol. The first-order chi connectivity index (χ1) is 13.1. The van der Waals surface area contributed by atoms with Gasteiger partial charge in [0.05, 0.1) is 0 Å². The van der Waals surface area contributed by atoms with Crippen molar-refractivity contribution in [3.63, 3.8) is 0 Å². The second kappa shape index (κ2) is 9.56. The first-order valence-electron chi connectivity index (χ1n) is 10.5. The Balaban J connectivity index is 1.46. The van der Waals surface area contributed by atoms with E-state index in [0.717, 1.165) is 30.8 Å². The SMILES string of the molecule is CCOC(C)(C(=O)Nc1ccc(OCCN2CCCCCC2)cc1)C1CC1. The second-order valence-corrected chi connectivity index (χ2v) is 7.90. The average molecular weight is 375 g/mol. The van der Waals surface area contributed by atoms with Crippen LogP contribution in [0.4, 0.5) is 5.69 Å². The highest BCUT2D eigenvalue weighted by molar-refractivity contribution is 5.97. The van der Waals surface area contributed by atoms with E-state index in [1.54, 1.807) is 0 Å². The van der Waals surface area contributed by atoms with Gasteiger partial charge in [0, 0.05) is 18.8 Å². The van der Waals surface area contributed by atoms with Crippen LogP contribution in [0.25, 0.3) is 0 Å². The lowest BCUT2D eigenvalue weighted by atomic mass is 9.99. The number of hydrogen-bond donors (Lipinski definition) is 1. The lowest BCUT2D eigenvalue weighted by molar-refractivity contribution is -0.141. The fourth-order valence-electron chi connectivity index (χ4n) is 3.84. The van der Waals surface area contributed by atoms with Crippen molar-refractivity contribution in [1.29, 1.82) is 0 Å². The lowest BCUT2D eigenvalue weighted by Crippen LogP contribution is -2.44. The third-order valence-corrected chi connectivity index (χ3v) is 5.74. The van der Waals surface area contributed by atoms with Crippen molar-refractivity contribution < 1.29 is 14.3 Å². The molecule has 2 aliphatic rings. The van der Waals surface area contributed by atoms with Gasteiger partial charge < -0.3 is 14.8 Å². The number of likely N-dealkylation sites (tertiary alicyclic amines) is 1. The average Bonchev–Trinajstić information content (AvgIpc) is 3.51. The Morgan fingerprint density at radius 1 is 1.15 bits per heavy atom. The summed E-state index contributed by atoms with van der Waals surface area (Å²) >= 11 is 0.